The number of hydrogen-bond donors (Lipinski definition) is 2. The van der Waals surface area contributed by atoms with Gasteiger partial charge in [0.15, 0.2) is 0 Å². The number of halogens is 1. The molecule has 0 aliphatic heterocycles. The third-order valence-electron chi connectivity index (χ3n) is 13.7. The minimum absolute atomic E-state index is 0.103. The Labute approximate surface area is 343 Å². The van der Waals surface area contributed by atoms with Crippen molar-refractivity contribution >= 4 is 5.97 Å². The summed E-state index contributed by atoms with van der Waals surface area (Å²) in [7, 11) is 0. The van der Waals surface area contributed by atoms with Crippen LogP contribution in [-0.2, 0) is 22.4 Å². The van der Waals surface area contributed by atoms with Crippen molar-refractivity contribution in [1.29, 1.82) is 0 Å². The summed E-state index contributed by atoms with van der Waals surface area (Å²) >= 11 is 0. The molecule has 6 heteroatoms. The number of aliphatic hydroxyl groups excluding tert-OH is 2. The van der Waals surface area contributed by atoms with Crippen LogP contribution < -0.4 is 4.74 Å². The highest BCUT2D eigenvalue weighted by Crippen LogP contribution is 2.45. The van der Waals surface area contributed by atoms with Crippen LogP contribution in [0.25, 0.3) is 22.3 Å². The number of aryl methyl sites for hydroxylation is 2. The summed E-state index contributed by atoms with van der Waals surface area (Å²) in [5, 5.41) is 19.9. The lowest BCUT2D eigenvalue weighted by Gasteiger charge is -2.38. The lowest BCUT2D eigenvalue weighted by atomic mass is 9.68. The van der Waals surface area contributed by atoms with E-state index in [0.29, 0.717) is 49.3 Å². The number of ether oxygens (including phenoxy) is 2. The number of carbonyl (C=O) groups is 1. The van der Waals surface area contributed by atoms with Gasteiger partial charge >= 0.3 is 5.97 Å². The van der Waals surface area contributed by atoms with E-state index >= 15 is 4.39 Å². The summed E-state index contributed by atoms with van der Waals surface area (Å²) in [6, 6.07) is 18.4. The second-order valence-corrected chi connectivity index (χ2v) is 17.5. The Balaban J connectivity index is 1.25. The van der Waals surface area contributed by atoms with E-state index in [1.807, 2.05) is 31.2 Å². The van der Waals surface area contributed by atoms with Crippen LogP contribution >= 0.6 is 0 Å². The average molecular weight is 783 g/mol. The summed E-state index contributed by atoms with van der Waals surface area (Å²) < 4.78 is 27.6. The zero-order chi connectivity index (χ0) is 40.8. The SMILES string of the molecule is C=C(C)C(=O)OCCCc1cc(-c2ccc(-c3ccc(C4CCC(C5CCC(CCCCC)CC5)CC4)cc3F)cc2CC)ccc1OCCC(CC)(CO)CO. The van der Waals surface area contributed by atoms with E-state index in [1.165, 1.54) is 77.0 Å². The Bertz CT molecular complexity index is 1720. The summed E-state index contributed by atoms with van der Waals surface area (Å²) in [5.41, 5.74) is 6.73. The molecule has 2 N–H and O–H groups in total. The number of esters is 1. The van der Waals surface area contributed by atoms with Crippen LogP contribution in [0.3, 0.4) is 0 Å². The molecule has 57 heavy (non-hydrogen) atoms. The van der Waals surface area contributed by atoms with Gasteiger partial charge in [0.2, 0.25) is 0 Å². The highest BCUT2D eigenvalue weighted by atomic mass is 19.1. The molecule has 0 spiro atoms. The van der Waals surface area contributed by atoms with Crippen LogP contribution in [0.2, 0.25) is 0 Å². The van der Waals surface area contributed by atoms with E-state index in [-0.39, 0.29) is 25.6 Å². The molecule has 0 atom stereocenters. The topological polar surface area (TPSA) is 76.0 Å². The molecule has 0 bridgehead atoms. The zero-order valence-corrected chi connectivity index (χ0v) is 35.6. The van der Waals surface area contributed by atoms with Crippen LogP contribution in [0.4, 0.5) is 4.39 Å². The molecule has 0 heterocycles. The predicted octanol–water partition coefficient (Wildman–Crippen LogP) is 12.6. The number of benzene rings is 3. The quantitative estimate of drug-likeness (QED) is 0.0639. The molecular formula is C51H71FO5. The minimum atomic E-state index is -0.583. The third-order valence-corrected chi connectivity index (χ3v) is 13.7. The van der Waals surface area contributed by atoms with Gasteiger partial charge in [-0.1, -0.05) is 102 Å². The molecule has 3 aromatic rings. The Morgan fingerprint density at radius 1 is 0.789 bits per heavy atom. The van der Waals surface area contributed by atoms with Crippen molar-refractivity contribution in [1.82, 2.24) is 0 Å². The molecule has 5 rings (SSSR count). The highest BCUT2D eigenvalue weighted by molar-refractivity contribution is 5.86. The molecule has 312 valence electrons. The maximum absolute atomic E-state index is 16.0. The molecule has 2 aliphatic carbocycles. The van der Waals surface area contributed by atoms with Gasteiger partial charge in [-0.3, -0.25) is 0 Å². The van der Waals surface area contributed by atoms with Crippen molar-refractivity contribution in [3.05, 3.63) is 89.3 Å². The van der Waals surface area contributed by atoms with Gasteiger partial charge < -0.3 is 19.7 Å². The van der Waals surface area contributed by atoms with E-state index in [4.69, 9.17) is 9.47 Å². The lowest BCUT2D eigenvalue weighted by Crippen LogP contribution is -2.31. The Morgan fingerprint density at radius 2 is 1.44 bits per heavy atom. The second-order valence-electron chi connectivity index (χ2n) is 17.5. The molecule has 5 nitrogen and oxygen atoms in total. The number of aliphatic hydroxyl groups is 2. The third kappa shape index (κ3) is 12.0. The van der Waals surface area contributed by atoms with E-state index in [0.717, 1.165) is 63.3 Å². The first-order chi connectivity index (χ1) is 27.6. The molecular weight excluding hydrogens is 712 g/mol. The predicted molar refractivity (Wildman–Crippen MR) is 232 cm³/mol. The maximum Gasteiger partial charge on any atom is 0.333 e. The first-order valence-corrected chi connectivity index (χ1v) is 22.4. The van der Waals surface area contributed by atoms with Gasteiger partial charge in [-0.15, -0.1) is 0 Å². The van der Waals surface area contributed by atoms with Crippen molar-refractivity contribution in [3.63, 3.8) is 0 Å². The number of carbonyl (C=O) groups excluding carboxylic acids is 1. The summed E-state index contributed by atoms with van der Waals surface area (Å²) in [6.07, 6.45) is 19.3. The van der Waals surface area contributed by atoms with E-state index in [9.17, 15) is 15.0 Å². The van der Waals surface area contributed by atoms with E-state index < -0.39 is 11.4 Å². The number of unbranched alkanes of at least 4 members (excludes halogenated alkanes) is 2. The molecule has 2 saturated carbocycles. The van der Waals surface area contributed by atoms with Gasteiger partial charge in [0.25, 0.3) is 0 Å². The monoisotopic (exact) mass is 783 g/mol. The summed E-state index contributed by atoms with van der Waals surface area (Å²) in [6.45, 7) is 12.1. The molecule has 2 fully saturated rings. The van der Waals surface area contributed by atoms with Crippen LogP contribution in [0.1, 0.15) is 147 Å². The standard InChI is InChI=1S/C51H71FO5/c1-6-9-10-12-37-14-16-39(17-15-37)40-18-20-41(21-19-40)42-22-26-47(48(52)33-42)44-23-25-46(38(7-2)31-44)43-24-27-49(56-30-28-51(8-3,34-53)35-54)45(32-43)13-11-29-57-50(55)36(4)5/h22-27,31-33,37,39-41,53-54H,4,6-21,28-30,34-35H2,1-3,5H3. The first kappa shape index (κ1) is 44.6. The van der Waals surface area contributed by atoms with Crippen molar-refractivity contribution in [2.24, 2.45) is 23.2 Å². The summed E-state index contributed by atoms with van der Waals surface area (Å²) in [5.74, 6) is 3.35. The van der Waals surface area contributed by atoms with E-state index in [1.54, 1.807) is 6.92 Å². The van der Waals surface area contributed by atoms with E-state index in [2.05, 4.69) is 50.8 Å². The fraction of sp³-hybridized carbons (Fsp3) is 0.588. The van der Waals surface area contributed by atoms with Crippen LogP contribution in [0.15, 0.2) is 66.7 Å². The van der Waals surface area contributed by atoms with Gasteiger partial charge in [-0.05, 0) is 153 Å². The normalized spacial score (nSPS) is 20.0. The van der Waals surface area contributed by atoms with Gasteiger partial charge in [0.1, 0.15) is 11.6 Å². The molecule has 0 saturated heterocycles. The number of rotatable bonds is 21. The first-order valence-electron chi connectivity index (χ1n) is 22.4. The van der Waals surface area contributed by atoms with Crippen LogP contribution in [0, 0.1) is 29.0 Å². The maximum atomic E-state index is 16.0. The highest BCUT2D eigenvalue weighted by Gasteiger charge is 2.32. The molecule has 3 aromatic carbocycles. The Kier molecular flexibility index (Phi) is 17.3. The van der Waals surface area contributed by atoms with Crippen molar-refractivity contribution < 1.29 is 28.9 Å². The smallest absolute Gasteiger partial charge is 0.333 e. The van der Waals surface area contributed by atoms with Crippen molar-refractivity contribution in [2.75, 3.05) is 26.4 Å². The molecule has 0 unspecified atom stereocenters. The van der Waals surface area contributed by atoms with Gasteiger partial charge in [-0.25, -0.2) is 9.18 Å². The fourth-order valence-electron chi connectivity index (χ4n) is 9.53. The number of hydrogen-bond acceptors (Lipinski definition) is 5. The summed E-state index contributed by atoms with van der Waals surface area (Å²) in [4.78, 5) is 12.0. The Morgan fingerprint density at radius 3 is 2.07 bits per heavy atom. The largest absolute Gasteiger partial charge is 0.493 e. The van der Waals surface area contributed by atoms with Gasteiger partial charge in [0.05, 0.1) is 26.4 Å². The van der Waals surface area contributed by atoms with Crippen molar-refractivity contribution in [2.45, 2.75) is 143 Å². The van der Waals surface area contributed by atoms with Crippen LogP contribution in [-0.4, -0.2) is 42.6 Å². The zero-order valence-electron chi connectivity index (χ0n) is 35.6. The van der Waals surface area contributed by atoms with Crippen molar-refractivity contribution in [3.8, 4) is 28.0 Å². The van der Waals surface area contributed by atoms with Gasteiger partial charge in [-0.2, -0.15) is 0 Å². The van der Waals surface area contributed by atoms with Gasteiger partial charge in [0, 0.05) is 16.6 Å². The average Bonchev–Trinajstić information content (AvgIpc) is 3.24. The Hall–Kier alpha value is -3.48. The lowest BCUT2D eigenvalue weighted by molar-refractivity contribution is -0.139. The molecule has 0 radical (unpaired) electrons. The fourth-order valence-corrected chi connectivity index (χ4v) is 9.53. The van der Waals surface area contributed by atoms with Crippen LogP contribution in [0.5, 0.6) is 5.75 Å². The second kappa shape index (κ2) is 22.0. The minimum Gasteiger partial charge on any atom is -0.493 e. The molecule has 0 amide bonds. The molecule has 0 aromatic heterocycles. The molecule has 2 aliphatic rings.